The van der Waals surface area contributed by atoms with Gasteiger partial charge in [-0.25, -0.2) is 4.79 Å². The van der Waals surface area contributed by atoms with Crippen molar-refractivity contribution in [3.63, 3.8) is 0 Å². The van der Waals surface area contributed by atoms with Crippen LogP contribution in [0.15, 0.2) is 40.2 Å². The summed E-state index contributed by atoms with van der Waals surface area (Å²) in [5.74, 6) is 0.784. The van der Waals surface area contributed by atoms with Crippen LogP contribution in [0.25, 0.3) is 10.7 Å². The van der Waals surface area contributed by atoms with Gasteiger partial charge in [0.2, 0.25) is 5.82 Å². The molecule has 0 atom stereocenters. The van der Waals surface area contributed by atoms with Gasteiger partial charge in [0.1, 0.15) is 12.4 Å². The van der Waals surface area contributed by atoms with Gasteiger partial charge < -0.3 is 9.47 Å². The van der Waals surface area contributed by atoms with E-state index in [0.29, 0.717) is 5.82 Å². The summed E-state index contributed by atoms with van der Waals surface area (Å²) in [4.78, 5) is 14.0. The van der Waals surface area contributed by atoms with Crippen LogP contribution in [0.1, 0.15) is 5.56 Å². The van der Waals surface area contributed by atoms with E-state index >= 15 is 0 Å². The minimum atomic E-state index is -0.433. The monoisotopic (exact) mass is 408 g/mol. The Morgan fingerprint density at radius 3 is 2.96 bits per heavy atom. The number of esters is 1. The van der Waals surface area contributed by atoms with Crippen molar-refractivity contribution >= 4 is 33.2 Å². The zero-order chi connectivity index (χ0) is 16.9. The van der Waals surface area contributed by atoms with Crippen LogP contribution in [-0.2, 0) is 22.7 Å². The van der Waals surface area contributed by atoms with E-state index in [9.17, 15) is 4.79 Å². The molecule has 0 aliphatic heterocycles. The van der Waals surface area contributed by atoms with Crippen LogP contribution in [0, 0.1) is 0 Å². The van der Waals surface area contributed by atoms with E-state index in [4.69, 9.17) is 9.47 Å². The predicted octanol–water partition coefficient (Wildman–Crippen LogP) is 2.92. The maximum atomic E-state index is 11.9. The van der Waals surface area contributed by atoms with Crippen molar-refractivity contribution in [3.8, 4) is 16.5 Å². The molecule has 0 bridgehead atoms. The van der Waals surface area contributed by atoms with Crippen molar-refractivity contribution in [1.29, 1.82) is 0 Å². The molecule has 0 spiro atoms. The summed E-state index contributed by atoms with van der Waals surface area (Å²) in [7, 11) is 1.59. The zero-order valence-electron chi connectivity index (χ0n) is 12.7. The molecule has 3 rings (SSSR count). The van der Waals surface area contributed by atoms with Crippen molar-refractivity contribution in [2.24, 2.45) is 0 Å². The molecule has 7 nitrogen and oxygen atoms in total. The first-order valence-corrected chi connectivity index (χ1v) is 8.62. The lowest BCUT2D eigenvalue weighted by Crippen LogP contribution is -2.15. The molecular weight excluding hydrogens is 396 g/mol. The first-order chi connectivity index (χ1) is 11.7. The Bertz CT molecular complexity index is 835. The molecule has 0 radical (unpaired) electrons. The van der Waals surface area contributed by atoms with Gasteiger partial charge in [0.05, 0.1) is 16.5 Å². The summed E-state index contributed by atoms with van der Waals surface area (Å²) >= 11 is 4.90. The van der Waals surface area contributed by atoms with Gasteiger partial charge >= 0.3 is 5.97 Å². The lowest BCUT2D eigenvalue weighted by atomic mass is 10.2. The number of hydrogen-bond acceptors (Lipinski definition) is 7. The summed E-state index contributed by atoms with van der Waals surface area (Å²) in [6, 6.07) is 9.28. The second-order valence-electron chi connectivity index (χ2n) is 4.75. The quantitative estimate of drug-likeness (QED) is 0.583. The van der Waals surface area contributed by atoms with Gasteiger partial charge in [-0.2, -0.15) is 4.80 Å². The van der Waals surface area contributed by atoms with Crippen molar-refractivity contribution < 1.29 is 14.3 Å². The lowest BCUT2D eigenvalue weighted by Gasteiger charge is -2.07. The van der Waals surface area contributed by atoms with Crippen LogP contribution in [0.3, 0.4) is 0 Å². The third kappa shape index (κ3) is 3.98. The van der Waals surface area contributed by atoms with Crippen LogP contribution in [0.5, 0.6) is 5.75 Å². The van der Waals surface area contributed by atoms with Gasteiger partial charge in [0.25, 0.3) is 0 Å². The van der Waals surface area contributed by atoms with Crippen LogP contribution in [0.4, 0.5) is 0 Å². The molecule has 1 aromatic carbocycles. The van der Waals surface area contributed by atoms with Crippen molar-refractivity contribution in [2.45, 2.75) is 13.2 Å². The second-order valence-corrected chi connectivity index (χ2v) is 6.55. The number of methoxy groups -OCH3 is 1. The second kappa shape index (κ2) is 7.54. The van der Waals surface area contributed by atoms with Gasteiger partial charge in [-0.15, -0.1) is 21.5 Å². The summed E-state index contributed by atoms with van der Waals surface area (Å²) in [5, 5.41) is 13.9. The molecule has 2 heterocycles. The SMILES string of the molecule is COc1ccc(COC(=O)Cn2nnc(-c3cccs3)n2)cc1Br. The zero-order valence-corrected chi connectivity index (χ0v) is 15.1. The number of aromatic nitrogens is 4. The highest BCUT2D eigenvalue weighted by molar-refractivity contribution is 9.10. The number of carbonyl (C=O) groups excluding carboxylic acids is 1. The van der Waals surface area contributed by atoms with E-state index in [1.54, 1.807) is 13.2 Å². The number of tetrazole rings is 1. The lowest BCUT2D eigenvalue weighted by molar-refractivity contribution is -0.146. The highest BCUT2D eigenvalue weighted by atomic mass is 79.9. The van der Waals surface area contributed by atoms with Crippen molar-refractivity contribution in [2.75, 3.05) is 7.11 Å². The van der Waals surface area contributed by atoms with Crippen LogP contribution >= 0.6 is 27.3 Å². The molecule has 0 aliphatic rings. The van der Waals surface area contributed by atoms with Crippen LogP contribution in [0.2, 0.25) is 0 Å². The Labute approximate surface area is 150 Å². The summed E-state index contributed by atoms with van der Waals surface area (Å²) < 4.78 is 11.2. The van der Waals surface area contributed by atoms with Gasteiger partial charge in [-0.1, -0.05) is 12.1 Å². The van der Waals surface area contributed by atoms with Gasteiger partial charge in [-0.3, -0.25) is 0 Å². The van der Waals surface area contributed by atoms with Crippen LogP contribution in [-0.4, -0.2) is 33.3 Å². The molecule has 2 aromatic heterocycles. The number of rotatable bonds is 6. The largest absolute Gasteiger partial charge is 0.496 e. The minimum absolute atomic E-state index is 0.0876. The smallest absolute Gasteiger partial charge is 0.330 e. The van der Waals surface area contributed by atoms with E-state index in [-0.39, 0.29) is 13.2 Å². The highest BCUT2D eigenvalue weighted by Gasteiger charge is 2.11. The molecule has 0 N–H and O–H groups in total. The molecule has 0 aliphatic carbocycles. The maximum absolute atomic E-state index is 11.9. The Morgan fingerprint density at radius 1 is 1.38 bits per heavy atom. The number of benzene rings is 1. The van der Waals surface area contributed by atoms with E-state index in [0.717, 1.165) is 20.7 Å². The average Bonchev–Trinajstić information content (AvgIpc) is 3.24. The first-order valence-electron chi connectivity index (χ1n) is 6.95. The van der Waals surface area contributed by atoms with Gasteiger partial charge in [-0.05, 0) is 50.3 Å². The van der Waals surface area contributed by atoms with E-state index < -0.39 is 5.97 Å². The van der Waals surface area contributed by atoms with E-state index in [1.807, 2.05) is 29.6 Å². The molecule has 3 aromatic rings. The number of ether oxygens (including phenoxy) is 2. The number of halogens is 1. The Kier molecular flexibility index (Phi) is 5.21. The van der Waals surface area contributed by atoms with Crippen LogP contribution < -0.4 is 4.74 Å². The predicted molar refractivity (Wildman–Crippen MR) is 91.6 cm³/mol. The third-order valence-electron chi connectivity index (χ3n) is 3.08. The van der Waals surface area contributed by atoms with Gasteiger partial charge in [0, 0.05) is 0 Å². The fourth-order valence-corrected chi connectivity index (χ4v) is 3.18. The number of carbonyl (C=O) groups is 1. The Hall–Kier alpha value is -2.26. The number of nitrogens with zero attached hydrogens (tertiary/aromatic N) is 4. The van der Waals surface area contributed by atoms with Crippen molar-refractivity contribution in [3.05, 3.63) is 45.7 Å². The molecule has 0 amide bonds. The molecule has 124 valence electrons. The van der Waals surface area contributed by atoms with Gasteiger partial charge in [0.15, 0.2) is 6.54 Å². The summed E-state index contributed by atoms with van der Waals surface area (Å²) in [6.07, 6.45) is 0. The summed E-state index contributed by atoms with van der Waals surface area (Å²) in [5.41, 5.74) is 0.849. The molecule has 0 unspecified atom stereocenters. The Morgan fingerprint density at radius 2 is 2.25 bits per heavy atom. The van der Waals surface area contributed by atoms with E-state index in [1.165, 1.54) is 16.1 Å². The highest BCUT2D eigenvalue weighted by Crippen LogP contribution is 2.25. The third-order valence-corrected chi connectivity index (χ3v) is 4.57. The number of thiophene rings is 1. The maximum Gasteiger partial charge on any atom is 0.330 e. The fourth-order valence-electron chi connectivity index (χ4n) is 1.94. The number of hydrogen-bond donors (Lipinski definition) is 0. The molecular formula is C15H13BrN4O3S. The Balaban J connectivity index is 1.55. The fraction of sp³-hybridized carbons (Fsp3) is 0.200. The topological polar surface area (TPSA) is 79.1 Å². The first kappa shape index (κ1) is 16.6. The van der Waals surface area contributed by atoms with Crippen molar-refractivity contribution in [1.82, 2.24) is 20.2 Å². The molecule has 0 saturated carbocycles. The average molecular weight is 409 g/mol. The normalized spacial score (nSPS) is 10.6. The molecule has 9 heteroatoms. The molecule has 24 heavy (non-hydrogen) atoms. The standard InChI is InChI=1S/C15H13BrN4O3S/c1-22-12-5-4-10(7-11(12)16)9-23-14(21)8-20-18-15(17-19-20)13-3-2-6-24-13/h2-7H,8-9H2,1H3. The summed E-state index contributed by atoms with van der Waals surface area (Å²) in [6.45, 7) is 0.0730. The molecule has 0 fully saturated rings. The molecule has 0 saturated heterocycles. The van der Waals surface area contributed by atoms with E-state index in [2.05, 4.69) is 31.3 Å². The minimum Gasteiger partial charge on any atom is -0.496 e.